The molecule has 2 bridgehead atoms. The van der Waals surface area contributed by atoms with Crippen LogP contribution in [0.15, 0.2) is 12.2 Å². The lowest BCUT2D eigenvalue weighted by molar-refractivity contribution is -0.139. The van der Waals surface area contributed by atoms with Crippen LogP contribution in [-0.2, 0) is 9.59 Å². The Hall–Kier alpha value is -0.810. The van der Waals surface area contributed by atoms with E-state index in [0.717, 1.165) is 0 Å². The summed E-state index contributed by atoms with van der Waals surface area (Å²) >= 11 is 1.72. The van der Waals surface area contributed by atoms with Gasteiger partial charge in [0, 0.05) is 10.5 Å². The summed E-state index contributed by atoms with van der Waals surface area (Å²) < 4.78 is 0. The number of hydrogen-bond acceptors (Lipinski definition) is 4. The first-order valence-electron chi connectivity index (χ1n) is 4.63. The first-order chi connectivity index (χ1) is 6.74. The van der Waals surface area contributed by atoms with Crippen LogP contribution < -0.4 is 5.73 Å². The van der Waals surface area contributed by atoms with Gasteiger partial charge in [0.25, 0.3) is 0 Å². The topological polar surface area (TPSA) is 63.4 Å². The van der Waals surface area contributed by atoms with E-state index < -0.39 is 0 Å². The van der Waals surface area contributed by atoms with Gasteiger partial charge in [-0.1, -0.05) is 12.2 Å². The smallest absolute Gasteiger partial charge is 0.235 e. The van der Waals surface area contributed by atoms with Crippen molar-refractivity contribution in [1.82, 2.24) is 4.90 Å². The Kier molecular flexibility index (Phi) is 1.58. The van der Waals surface area contributed by atoms with Crippen LogP contribution in [-0.4, -0.2) is 33.9 Å². The first kappa shape index (κ1) is 8.49. The number of imide groups is 1. The summed E-state index contributed by atoms with van der Waals surface area (Å²) in [6, 6.07) is 0. The highest BCUT2D eigenvalue weighted by Crippen LogP contribution is 2.52. The van der Waals surface area contributed by atoms with Crippen molar-refractivity contribution >= 4 is 23.6 Å². The molecule has 0 aromatic carbocycles. The lowest BCUT2D eigenvalue weighted by Crippen LogP contribution is -2.37. The first-order valence-corrected chi connectivity index (χ1v) is 5.57. The number of thioether (sulfide) groups is 1. The van der Waals surface area contributed by atoms with Crippen molar-refractivity contribution in [2.24, 2.45) is 17.6 Å². The number of carbonyl (C=O) groups excluding carboxylic acids is 2. The van der Waals surface area contributed by atoms with E-state index in [1.165, 1.54) is 4.90 Å². The van der Waals surface area contributed by atoms with E-state index in [0.29, 0.717) is 0 Å². The number of nitrogens with two attached hydrogens (primary N) is 1. The molecule has 14 heavy (non-hydrogen) atoms. The van der Waals surface area contributed by atoms with Crippen molar-refractivity contribution in [3.8, 4) is 0 Å². The van der Waals surface area contributed by atoms with Gasteiger partial charge in [-0.05, 0) is 0 Å². The molecule has 0 saturated carbocycles. The van der Waals surface area contributed by atoms with Gasteiger partial charge >= 0.3 is 0 Å². The number of carbonyl (C=O) groups is 2. The lowest BCUT2D eigenvalue weighted by Gasteiger charge is -2.13. The van der Waals surface area contributed by atoms with Crippen molar-refractivity contribution in [2.75, 3.05) is 6.67 Å². The number of rotatable bonds is 1. The van der Waals surface area contributed by atoms with Crippen LogP contribution in [0.3, 0.4) is 0 Å². The van der Waals surface area contributed by atoms with Crippen molar-refractivity contribution in [2.45, 2.75) is 10.5 Å². The zero-order chi connectivity index (χ0) is 9.87. The minimum atomic E-state index is -0.133. The molecule has 74 valence electrons. The van der Waals surface area contributed by atoms with Crippen LogP contribution >= 0.6 is 11.8 Å². The maximum Gasteiger partial charge on any atom is 0.235 e. The summed E-state index contributed by atoms with van der Waals surface area (Å²) in [6.07, 6.45) is 4.09. The molecule has 0 aromatic rings. The van der Waals surface area contributed by atoms with E-state index in [1.54, 1.807) is 11.8 Å². The largest absolute Gasteiger partial charge is 0.313 e. The van der Waals surface area contributed by atoms with Crippen molar-refractivity contribution in [3.05, 3.63) is 12.2 Å². The molecular formula is C9H10N2O2S. The molecule has 2 fully saturated rings. The maximum absolute atomic E-state index is 11.8. The molecule has 3 rings (SSSR count). The molecule has 3 aliphatic heterocycles. The normalized spacial score (nSPS) is 43.9. The summed E-state index contributed by atoms with van der Waals surface area (Å²) in [7, 11) is 0. The molecule has 0 aromatic heterocycles. The fourth-order valence-electron chi connectivity index (χ4n) is 2.55. The molecule has 0 radical (unpaired) electrons. The molecule has 4 unspecified atom stereocenters. The molecule has 2 saturated heterocycles. The zero-order valence-corrected chi connectivity index (χ0v) is 8.24. The van der Waals surface area contributed by atoms with Crippen LogP contribution in [0.4, 0.5) is 0 Å². The van der Waals surface area contributed by atoms with Gasteiger partial charge in [0.05, 0.1) is 18.5 Å². The predicted molar refractivity (Wildman–Crippen MR) is 52.2 cm³/mol. The summed E-state index contributed by atoms with van der Waals surface area (Å²) in [5.41, 5.74) is 5.39. The van der Waals surface area contributed by atoms with Crippen molar-refractivity contribution in [3.63, 3.8) is 0 Å². The fourth-order valence-corrected chi connectivity index (χ4v) is 4.18. The van der Waals surface area contributed by atoms with E-state index >= 15 is 0 Å². The van der Waals surface area contributed by atoms with Crippen LogP contribution in [0.5, 0.6) is 0 Å². The van der Waals surface area contributed by atoms with Crippen molar-refractivity contribution in [1.29, 1.82) is 0 Å². The molecule has 0 aliphatic carbocycles. The van der Waals surface area contributed by atoms with Gasteiger partial charge in [0.1, 0.15) is 0 Å². The van der Waals surface area contributed by atoms with Crippen molar-refractivity contribution < 1.29 is 9.59 Å². The Morgan fingerprint density at radius 2 is 1.71 bits per heavy atom. The number of hydrogen-bond donors (Lipinski definition) is 1. The Labute approximate surface area is 85.5 Å². The van der Waals surface area contributed by atoms with Crippen LogP contribution in [0.25, 0.3) is 0 Å². The molecule has 3 aliphatic rings. The lowest BCUT2D eigenvalue weighted by atomic mass is 9.85. The number of nitrogens with zero attached hydrogens (tertiary/aromatic N) is 1. The average Bonchev–Trinajstić information content (AvgIpc) is 2.80. The van der Waals surface area contributed by atoms with E-state index in [9.17, 15) is 9.59 Å². The SMILES string of the molecule is NCN1C(=O)C2C3C=CC(S3)C2C1=O. The quantitative estimate of drug-likeness (QED) is 0.470. The fraction of sp³-hybridized carbons (Fsp3) is 0.556. The number of fused-ring (bicyclic) bond motifs is 5. The maximum atomic E-state index is 11.8. The Morgan fingerprint density at radius 1 is 1.21 bits per heavy atom. The third-order valence-corrected chi connectivity index (χ3v) is 4.71. The Morgan fingerprint density at radius 3 is 2.14 bits per heavy atom. The van der Waals surface area contributed by atoms with E-state index in [4.69, 9.17) is 5.73 Å². The highest BCUT2D eigenvalue weighted by Gasteiger charge is 2.59. The Bertz CT molecular complexity index is 325. The molecule has 2 amide bonds. The standard InChI is InChI=1S/C9H10N2O2S/c10-3-11-8(12)6-4-1-2-5(14-4)7(6)9(11)13/h1-2,4-7H,3,10H2. The molecular weight excluding hydrogens is 200 g/mol. The van der Waals surface area contributed by atoms with Crippen LogP contribution in [0.1, 0.15) is 0 Å². The second-order valence-electron chi connectivity index (χ2n) is 3.79. The molecule has 3 heterocycles. The monoisotopic (exact) mass is 210 g/mol. The Balaban J connectivity index is 2.02. The molecule has 4 nitrogen and oxygen atoms in total. The summed E-state index contributed by atoms with van der Waals surface area (Å²) in [6.45, 7) is 0.0226. The zero-order valence-electron chi connectivity index (χ0n) is 7.42. The van der Waals surface area contributed by atoms with Gasteiger partial charge in [0.2, 0.25) is 11.8 Å². The summed E-state index contributed by atoms with van der Waals surface area (Å²) in [5, 5.41) is 0.413. The second-order valence-corrected chi connectivity index (χ2v) is 5.15. The number of likely N-dealkylation sites (tertiary alicyclic amines) is 1. The predicted octanol–water partition coefficient (Wildman–Crippen LogP) is -0.442. The summed E-state index contributed by atoms with van der Waals surface area (Å²) in [5.74, 6) is -0.421. The van der Waals surface area contributed by atoms with Crippen LogP contribution in [0.2, 0.25) is 0 Å². The molecule has 2 N–H and O–H groups in total. The van der Waals surface area contributed by atoms with E-state index in [1.807, 2.05) is 12.2 Å². The minimum Gasteiger partial charge on any atom is -0.313 e. The third-order valence-electron chi connectivity index (χ3n) is 3.18. The second kappa shape index (κ2) is 2.61. The van der Waals surface area contributed by atoms with Gasteiger partial charge in [-0.15, -0.1) is 11.8 Å². The highest BCUT2D eigenvalue weighted by atomic mass is 32.2. The summed E-state index contributed by atoms with van der Waals surface area (Å²) in [4.78, 5) is 24.8. The average molecular weight is 210 g/mol. The third kappa shape index (κ3) is 0.797. The minimum absolute atomic E-state index is 0.0226. The van der Waals surface area contributed by atoms with Crippen LogP contribution in [0, 0.1) is 11.8 Å². The molecule has 5 heteroatoms. The van der Waals surface area contributed by atoms with Gasteiger partial charge in [-0.3, -0.25) is 14.5 Å². The van der Waals surface area contributed by atoms with Gasteiger partial charge in [0.15, 0.2) is 0 Å². The number of amides is 2. The van der Waals surface area contributed by atoms with E-state index in [2.05, 4.69) is 0 Å². The van der Waals surface area contributed by atoms with Gasteiger partial charge < -0.3 is 5.73 Å². The molecule has 0 spiro atoms. The van der Waals surface area contributed by atoms with Gasteiger partial charge in [-0.25, -0.2) is 0 Å². The molecule has 4 atom stereocenters. The van der Waals surface area contributed by atoms with E-state index in [-0.39, 0.29) is 40.8 Å². The van der Waals surface area contributed by atoms with Gasteiger partial charge in [-0.2, -0.15) is 0 Å². The highest BCUT2D eigenvalue weighted by molar-refractivity contribution is 8.01.